The van der Waals surface area contributed by atoms with E-state index in [2.05, 4.69) is 0 Å². The van der Waals surface area contributed by atoms with E-state index in [1.54, 1.807) is 0 Å². The summed E-state index contributed by atoms with van der Waals surface area (Å²) in [4.78, 5) is 22.1. The zero-order chi connectivity index (χ0) is 11.9. The van der Waals surface area contributed by atoms with Crippen LogP contribution in [-0.2, 0) is 9.59 Å². The van der Waals surface area contributed by atoms with Crippen molar-refractivity contribution in [2.24, 2.45) is 11.1 Å². The van der Waals surface area contributed by atoms with Gasteiger partial charge in [0.2, 0.25) is 5.91 Å². The van der Waals surface area contributed by atoms with E-state index in [0.717, 1.165) is 0 Å². The van der Waals surface area contributed by atoms with E-state index in [9.17, 15) is 14.0 Å². The maximum Gasteiger partial charge on any atom is 0.319 e. The maximum atomic E-state index is 12.7. The van der Waals surface area contributed by atoms with Crippen LogP contribution in [0.15, 0.2) is 24.3 Å². The minimum Gasteiger partial charge on any atom is -0.480 e. The molecule has 1 fully saturated rings. The van der Waals surface area contributed by atoms with Crippen LogP contribution >= 0.6 is 0 Å². The molecule has 5 heteroatoms. The molecule has 4 nitrogen and oxygen atoms in total. The molecule has 1 amide bonds. The van der Waals surface area contributed by atoms with Gasteiger partial charge in [0.25, 0.3) is 0 Å². The third kappa shape index (κ3) is 1.36. The van der Waals surface area contributed by atoms with Crippen LogP contribution < -0.4 is 5.73 Å². The Morgan fingerprint density at radius 2 is 1.94 bits per heavy atom. The highest BCUT2D eigenvalue weighted by Gasteiger charge is 2.65. The number of nitrogens with two attached hydrogens (primary N) is 1. The van der Waals surface area contributed by atoms with Crippen molar-refractivity contribution in [2.75, 3.05) is 0 Å². The summed E-state index contributed by atoms with van der Waals surface area (Å²) in [6, 6.07) is 5.43. The molecule has 84 valence electrons. The zero-order valence-electron chi connectivity index (χ0n) is 8.31. The molecule has 2 atom stereocenters. The van der Waals surface area contributed by atoms with Gasteiger partial charge in [-0.1, -0.05) is 12.1 Å². The molecule has 1 aromatic carbocycles. The molecule has 16 heavy (non-hydrogen) atoms. The van der Waals surface area contributed by atoms with Crippen LogP contribution in [0, 0.1) is 11.2 Å². The number of amides is 1. The normalized spacial score (nSPS) is 27.4. The predicted molar refractivity (Wildman–Crippen MR) is 53.0 cm³/mol. The number of carbonyl (C=O) groups excluding carboxylic acids is 1. The second-order valence-electron chi connectivity index (χ2n) is 3.95. The van der Waals surface area contributed by atoms with Crippen LogP contribution in [-0.4, -0.2) is 17.0 Å². The molecule has 0 saturated heterocycles. The van der Waals surface area contributed by atoms with Crippen molar-refractivity contribution in [1.82, 2.24) is 0 Å². The molecule has 2 unspecified atom stereocenters. The summed E-state index contributed by atoms with van der Waals surface area (Å²) in [6.45, 7) is 0. The van der Waals surface area contributed by atoms with Gasteiger partial charge in [0.05, 0.1) is 0 Å². The largest absolute Gasteiger partial charge is 0.480 e. The first-order chi connectivity index (χ1) is 7.48. The average molecular weight is 223 g/mol. The molecule has 0 aliphatic heterocycles. The lowest BCUT2D eigenvalue weighted by Gasteiger charge is -2.07. The monoisotopic (exact) mass is 223 g/mol. The summed E-state index contributed by atoms with van der Waals surface area (Å²) in [5, 5.41) is 8.99. The Hall–Kier alpha value is -1.91. The predicted octanol–water partition coefficient (Wildman–Crippen LogP) is 0.869. The number of rotatable bonds is 3. The SMILES string of the molecule is NC(=O)C1(C(=O)O)CC1c1ccc(F)cc1. The van der Waals surface area contributed by atoms with Gasteiger partial charge in [-0.2, -0.15) is 0 Å². The highest BCUT2D eigenvalue weighted by Crippen LogP contribution is 2.59. The van der Waals surface area contributed by atoms with Crippen molar-refractivity contribution in [1.29, 1.82) is 0 Å². The molecule has 0 radical (unpaired) electrons. The summed E-state index contributed by atoms with van der Waals surface area (Å²) < 4.78 is 12.7. The van der Waals surface area contributed by atoms with Crippen molar-refractivity contribution in [2.45, 2.75) is 12.3 Å². The van der Waals surface area contributed by atoms with Gasteiger partial charge in [-0.05, 0) is 24.1 Å². The van der Waals surface area contributed by atoms with Crippen molar-refractivity contribution in [3.63, 3.8) is 0 Å². The van der Waals surface area contributed by atoms with Crippen LogP contribution in [0.1, 0.15) is 17.9 Å². The number of primary amides is 1. The van der Waals surface area contributed by atoms with E-state index in [4.69, 9.17) is 10.8 Å². The van der Waals surface area contributed by atoms with Gasteiger partial charge in [0.15, 0.2) is 5.41 Å². The van der Waals surface area contributed by atoms with Gasteiger partial charge in [-0.25, -0.2) is 4.39 Å². The van der Waals surface area contributed by atoms with Crippen molar-refractivity contribution < 1.29 is 19.1 Å². The number of aliphatic carboxylic acids is 1. The van der Waals surface area contributed by atoms with Gasteiger partial charge in [-0.15, -0.1) is 0 Å². The maximum absolute atomic E-state index is 12.7. The molecule has 0 aromatic heterocycles. The van der Waals surface area contributed by atoms with Gasteiger partial charge in [0, 0.05) is 5.92 Å². The third-order valence-corrected chi connectivity index (χ3v) is 3.05. The first-order valence-electron chi connectivity index (χ1n) is 4.77. The molecule has 1 aromatic rings. The lowest BCUT2D eigenvalue weighted by atomic mass is 9.98. The lowest BCUT2D eigenvalue weighted by molar-refractivity contribution is -0.148. The van der Waals surface area contributed by atoms with Crippen LogP contribution in [0.5, 0.6) is 0 Å². The molecule has 1 aliphatic rings. The molecule has 0 bridgehead atoms. The average Bonchev–Trinajstić information content (AvgIpc) is 2.95. The van der Waals surface area contributed by atoms with Gasteiger partial charge in [0.1, 0.15) is 5.82 Å². The van der Waals surface area contributed by atoms with E-state index >= 15 is 0 Å². The fraction of sp³-hybridized carbons (Fsp3) is 0.273. The van der Waals surface area contributed by atoms with Crippen molar-refractivity contribution in [3.05, 3.63) is 35.6 Å². The molecular weight excluding hydrogens is 213 g/mol. The first kappa shape index (κ1) is 10.6. The number of halogens is 1. The van der Waals surface area contributed by atoms with E-state index in [1.807, 2.05) is 0 Å². The topological polar surface area (TPSA) is 80.4 Å². The van der Waals surface area contributed by atoms with E-state index < -0.39 is 29.0 Å². The Bertz CT molecular complexity index is 441. The third-order valence-electron chi connectivity index (χ3n) is 3.05. The molecular formula is C11H10FNO3. The summed E-state index contributed by atoms with van der Waals surface area (Å²) in [5.74, 6) is -2.89. The van der Waals surface area contributed by atoms with E-state index in [0.29, 0.717) is 5.56 Å². The highest BCUT2D eigenvalue weighted by atomic mass is 19.1. The Morgan fingerprint density at radius 1 is 1.38 bits per heavy atom. The van der Waals surface area contributed by atoms with E-state index in [-0.39, 0.29) is 6.42 Å². The smallest absolute Gasteiger partial charge is 0.319 e. The van der Waals surface area contributed by atoms with Crippen molar-refractivity contribution >= 4 is 11.9 Å². The Kier molecular flexibility index (Phi) is 2.18. The van der Waals surface area contributed by atoms with Crippen LogP contribution in [0.2, 0.25) is 0 Å². The second kappa shape index (κ2) is 3.30. The summed E-state index contributed by atoms with van der Waals surface area (Å²) in [6.07, 6.45) is 0.184. The second-order valence-corrected chi connectivity index (χ2v) is 3.95. The van der Waals surface area contributed by atoms with Crippen molar-refractivity contribution in [3.8, 4) is 0 Å². The number of carboxylic acid groups (broad SMARTS) is 1. The number of carbonyl (C=O) groups is 2. The van der Waals surface area contributed by atoms with Crippen LogP contribution in [0.3, 0.4) is 0 Å². The molecule has 0 heterocycles. The highest BCUT2D eigenvalue weighted by molar-refractivity contribution is 6.06. The number of benzene rings is 1. The summed E-state index contributed by atoms with van der Waals surface area (Å²) >= 11 is 0. The number of carboxylic acids is 1. The quantitative estimate of drug-likeness (QED) is 0.746. The molecule has 2 rings (SSSR count). The molecule has 0 spiro atoms. The Morgan fingerprint density at radius 3 is 2.31 bits per heavy atom. The number of hydrogen-bond acceptors (Lipinski definition) is 2. The first-order valence-corrected chi connectivity index (χ1v) is 4.77. The fourth-order valence-electron chi connectivity index (χ4n) is 1.97. The Balaban J connectivity index is 2.30. The Labute approximate surface area is 90.9 Å². The fourth-order valence-corrected chi connectivity index (χ4v) is 1.97. The lowest BCUT2D eigenvalue weighted by Crippen LogP contribution is -2.33. The molecule has 1 saturated carbocycles. The van der Waals surface area contributed by atoms with E-state index in [1.165, 1.54) is 24.3 Å². The van der Waals surface area contributed by atoms with Crippen LogP contribution in [0.25, 0.3) is 0 Å². The minimum absolute atomic E-state index is 0.184. The number of hydrogen-bond donors (Lipinski definition) is 2. The molecule has 3 N–H and O–H groups in total. The van der Waals surface area contributed by atoms with Gasteiger partial charge >= 0.3 is 5.97 Å². The summed E-state index contributed by atoms with van der Waals surface area (Å²) in [5.41, 5.74) is 4.22. The standard InChI is InChI=1S/C11H10FNO3/c12-7-3-1-6(2-4-7)8-5-11(8,9(13)14)10(15)16/h1-4,8H,5H2,(H2,13,14)(H,15,16). The zero-order valence-corrected chi connectivity index (χ0v) is 8.31. The van der Waals surface area contributed by atoms with Gasteiger partial charge < -0.3 is 10.8 Å². The van der Waals surface area contributed by atoms with Crippen LogP contribution in [0.4, 0.5) is 4.39 Å². The molecule has 1 aliphatic carbocycles. The van der Waals surface area contributed by atoms with Gasteiger partial charge in [-0.3, -0.25) is 9.59 Å². The summed E-state index contributed by atoms with van der Waals surface area (Å²) in [7, 11) is 0. The minimum atomic E-state index is -1.50.